The molecule has 0 aliphatic carbocycles. The van der Waals surface area contributed by atoms with Gasteiger partial charge in [-0.05, 0) is 43.5 Å². The first kappa shape index (κ1) is 10.5. The molecule has 1 aromatic carbocycles. The summed E-state index contributed by atoms with van der Waals surface area (Å²) < 4.78 is 1.03. The lowest BCUT2D eigenvalue weighted by molar-refractivity contribution is -0.142. The van der Waals surface area contributed by atoms with Gasteiger partial charge < -0.3 is 10.4 Å². The molecular formula is C11H12BrNO2. The number of carboxylic acids is 1. The van der Waals surface area contributed by atoms with Crippen LogP contribution in [0.1, 0.15) is 18.9 Å². The van der Waals surface area contributed by atoms with Crippen molar-refractivity contribution in [3.05, 3.63) is 28.2 Å². The molecule has 1 atom stereocenters. The SMILES string of the molecule is CC1(C(=O)O)CCc2cc(Br)ccc2N1. The molecule has 0 aromatic heterocycles. The summed E-state index contributed by atoms with van der Waals surface area (Å²) >= 11 is 3.40. The van der Waals surface area contributed by atoms with Crippen LogP contribution in [-0.4, -0.2) is 16.6 Å². The summed E-state index contributed by atoms with van der Waals surface area (Å²) in [5.74, 6) is -0.795. The largest absolute Gasteiger partial charge is 0.480 e. The zero-order chi connectivity index (χ0) is 11.1. The molecule has 0 bridgehead atoms. The van der Waals surface area contributed by atoms with E-state index in [4.69, 9.17) is 5.11 Å². The summed E-state index contributed by atoms with van der Waals surface area (Å²) in [5.41, 5.74) is 1.26. The number of anilines is 1. The summed E-state index contributed by atoms with van der Waals surface area (Å²) in [6.45, 7) is 1.72. The predicted molar refractivity (Wildman–Crippen MR) is 62.1 cm³/mol. The molecule has 2 N–H and O–H groups in total. The van der Waals surface area contributed by atoms with Crippen LogP contribution >= 0.6 is 15.9 Å². The van der Waals surface area contributed by atoms with Crippen LogP contribution in [0.25, 0.3) is 0 Å². The number of aryl methyl sites for hydroxylation is 1. The maximum Gasteiger partial charge on any atom is 0.329 e. The van der Waals surface area contributed by atoms with E-state index in [-0.39, 0.29) is 0 Å². The number of benzene rings is 1. The minimum Gasteiger partial charge on any atom is -0.480 e. The van der Waals surface area contributed by atoms with Crippen molar-refractivity contribution in [2.24, 2.45) is 0 Å². The van der Waals surface area contributed by atoms with E-state index in [0.29, 0.717) is 6.42 Å². The number of halogens is 1. The van der Waals surface area contributed by atoms with Crippen LogP contribution in [0.2, 0.25) is 0 Å². The molecule has 0 saturated heterocycles. The van der Waals surface area contributed by atoms with Gasteiger partial charge in [0, 0.05) is 10.2 Å². The summed E-state index contributed by atoms with van der Waals surface area (Å²) in [6, 6.07) is 5.86. The van der Waals surface area contributed by atoms with E-state index in [2.05, 4.69) is 21.2 Å². The van der Waals surface area contributed by atoms with Gasteiger partial charge in [-0.25, -0.2) is 4.79 Å². The Morgan fingerprint density at radius 3 is 3.00 bits per heavy atom. The van der Waals surface area contributed by atoms with Crippen molar-refractivity contribution in [2.75, 3.05) is 5.32 Å². The fourth-order valence-corrected chi connectivity index (χ4v) is 2.20. The number of hydrogen-bond acceptors (Lipinski definition) is 2. The maximum absolute atomic E-state index is 11.1. The van der Waals surface area contributed by atoms with Crippen LogP contribution in [0, 0.1) is 0 Å². The van der Waals surface area contributed by atoms with E-state index in [0.717, 1.165) is 16.6 Å². The summed E-state index contributed by atoms with van der Waals surface area (Å²) in [6.07, 6.45) is 1.41. The second-order valence-corrected chi connectivity index (χ2v) is 4.98. The molecule has 1 unspecified atom stereocenters. The molecule has 0 fully saturated rings. The molecule has 1 heterocycles. The van der Waals surface area contributed by atoms with Gasteiger partial charge in [-0.2, -0.15) is 0 Å². The lowest BCUT2D eigenvalue weighted by Gasteiger charge is -2.33. The van der Waals surface area contributed by atoms with E-state index in [1.165, 1.54) is 5.56 Å². The van der Waals surface area contributed by atoms with Gasteiger partial charge in [0.05, 0.1) is 0 Å². The normalized spacial score (nSPS) is 24.1. The molecule has 1 aliphatic rings. The van der Waals surface area contributed by atoms with Crippen LogP contribution in [0.4, 0.5) is 5.69 Å². The topological polar surface area (TPSA) is 49.3 Å². The highest BCUT2D eigenvalue weighted by Crippen LogP contribution is 2.32. The Kier molecular flexibility index (Phi) is 2.46. The Morgan fingerprint density at radius 1 is 1.60 bits per heavy atom. The fourth-order valence-electron chi connectivity index (χ4n) is 1.80. The first-order valence-corrected chi connectivity index (χ1v) is 5.60. The molecule has 3 nitrogen and oxygen atoms in total. The maximum atomic E-state index is 11.1. The lowest BCUT2D eigenvalue weighted by Crippen LogP contribution is -2.46. The van der Waals surface area contributed by atoms with E-state index in [1.807, 2.05) is 18.2 Å². The van der Waals surface area contributed by atoms with E-state index in [1.54, 1.807) is 6.92 Å². The quantitative estimate of drug-likeness (QED) is 0.824. The third-order valence-electron chi connectivity index (χ3n) is 2.84. The smallest absolute Gasteiger partial charge is 0.329 e. The first-order chi connectivity index (χ1) is 7.01. The molecule has 80 valence electrons. The van der Waals surface area contributed by atoms with E-state index in [9.17, 15) is 4.79 Å². The average molecular weight is 270 g/mol. The summed E-state index contributed by atoms with van der Waals surface area (Å²) in [7, 11) is 0. The predicted octanol–water partition coefficient (Wildman–Crippen LogP) is 2.65. The third kappa shape index (κ3) is 1.86. The van der Waals surface area contributed by atoms with Gasteiger partial charge in [-0.1, -0.05) is 15.9 Å². The van der Waals surface area contributed by atoms with Gasteiger partial charge in [-0.15, -0.1) is 0 Å². The number of nitrogens with one attached hydrogen (secondary N) is 1. The number of fused-ring (bicyclic) bond motifs is 1. The number of rotatable bonds is 1. The van der Waals surface area contributed by atoms with Crippen molar-refractivity contribution < 1.29 is 9.90 Å². The zero-order valence-corrected chi connectivity index (χ0v) is 9.97. The molecule has 4 heteroatoms. The molecule has 0 spiro atoms. The highest BCUT2D eigenvalue weighted by atomic mass is 79.9. The molecule has 0 saturated carbocycles. The first-order valence-electron chi connectivity index (χ1n) is 4.81. The monoisotopic (exact) mass is 269 g/mol. The Labute approximate surface area is 96.6 Å². The molecule has 0 radical (unpaired) electrons. The van der Waals surface area contributed by atoms with Crippen molar-refractivity contribution in [3.63, 3.8) is 0 Å². The average Bonchev–Trinajstić information content (AvgIpc) is 2.18. The van der Waals surface area contributed by atoms with Crippen molar-refractivity contribution >= 4 is 27.6 Å². The standard InChI is InChI=1S/C11H12BrNO2/c1-11(10(14)15)5-4-7-6-8(12)2-3-9(7)13-11/h2-3,6,13H,4-5H2,1H3,(H,14,15). The third-order valence-corrected chi connectivity index (χ3v) is 3.34. The van der Waals surface area contributed by atoms with Gasteiger partial charge in [0.15, 0.2) is 0 Å². The van der Waals surface area contributed by atoms with Crippen molar-refractivity contribution in [1.82, 2.24) is 0 Å². The zero-order valence-electron chi connectivity index (χ0n) is 8.38. The molecule has 0 amide bonds. The number of carbonyl (C=O) groups is 1. The van der Waals surface area contributed by atoms with Crippen LogP contribution in [0.3, 0.4) is 0 Å². The number of hydrogen-bond donors (Lipinski definition) is 2. The van der Waals surface area contributed by atoms with Crippen molar-refractivity contribution in [2.45, 2.75) is 25.3 Å². The van der Waals surface area contributed by atoms with Crippen LogP contribution in [-0.2, 0) is 11.2 Å². The molecular weight excluding hydrogens is 258 g/mol. The summed E-state index contributed by atoms with van der Waals surface area (Å²) in [5, 5.41) is 12.2. The Balaban J connectivity index is 2.35. The second-order valence-electron chi connectivity index (χ2n) is 4.06. The second kappa shape index (κ2) is 3.52. The van der Waals surface area contributed by atoms with Crippen LogP contribution < -0.4 is 5.32 Å². The Bertz CT molecular complexity index is 419. The fraction of sp³-hybridized carbons (Fsp3) is 0.364. The van der Waals surface area contributed by atoms with Gasteiger partial charge in [0.2, 0.25) is 0 Å². The number of aliphatic carboxylic acids is 1. The minimum absolute atomic E-state index is 0.617. The number of carboxylic acid groups (broad SMARTS) is 1. The van der Waals surface area contributed by atoms with Crippen molar-refractivity contribution in [3.8, 4) is 0 Å². The van der Waals surface area contributed by atoms with E-state index < -0.39 is 11.5 Å². The van der Waals surface area contributed by atoms with Crippen LogP contribution in [0.5, 0.6) is 0 Å². The van der Waals surface area contributed by atoms with Gasteiger partial charge in [0.25, 0.3) is 0 Å². The molecule has 1 aliphatic heterocycles. The molecule has 2 rings (SSSR count). The van der Waals surface area contributed by atoms with Crippen LogP contribution in [0.15, 0.2) is 22.7 Å². The summed E-state index contributed by atoms with van der Waals surface area (Å²) in [4.78, 5) is 11.1. The molecule has 15 heavy (non-hydrogen) atoms. The lowest BCUT2D eigenvalue weighted by atomic mass is 9.88. The highest BCUT2D eigenvalue weighted by Gasteiger charge is 2.36. The van der Waals surface area contributed by atoms with Gasteiger partial charge >= 0.3 is 5.97 Å². The highest BCUT2D eigenvalue weighted by molar-refractivity contribution is 9.10. The van der Waals surface area contributed by atoms with Gasteiger partial charge in [0.1, 0.15) is 5.54 Å². The van der Waals surface area contributed by atoms with Crippen molar-refractivity contribution in [1.29, 1.82) is 0 Å². The minimum atomic E-state index is -0.833. The molecule has 1 aromatic rings. The Hall–Kier alpha value is -1.03. The van der Waals surface area contributed by atoms with Gasteiger partial charge in [-0.3, -0.25) is 0 Å². The Morgan fingerprint density at radius 2 is 2.33 bits per heavy atom. The van der Waals surface area contributed by atoms with E-state index >= 15 is 0 Å².